The number of hydrogen-bond donors (Lipinski definition) is 2. The van der Waals surface area contributed by atoms with E-state index < -0.39 is 5.60 Å². The Hall–Kier alpha value is -0.480. The van der Waals surface area contributed by atoms with Gasteiger partial charge in [-0.3, -0.25) is 4.79 Å². The zero-order valence-electron chi connectivity index (χ0n) is 10.2. The van der Waals surface area contributed by atoms with Crippen LogP contribution < -0.4 is 5.32 Å². The van der Waals surface area contributed by atoms with Crippen molar-refractivity contribution >= 4 is 17.7 Å². The van der Waals surface area contributed by atoms with E-state index in [1.165, 1.54) is 18.4 Å². The van der Waals surface area contributed by atoms with E-state index in [-0.39, 0.29) is 5.91 Å². The maximum absolute atomic E-state index is 11.7. The Kier molecular flexibility index (Phi) is 4.51. The molecule has 0 spiro atoms. The van der Waals surface area contributed by atoms with Gasteiger partial charge in [0.25, 0.3) is 0 Å². The average Bonchev–Trinajstić information content (AvgIpc) is 2.76. The second-order valence-electron chi connectivity index (χ2n) is 5.09. The minimum absolute atomic E-state index is 0.0588. The standard InChI is InChI=1S/C13H21NO2S/c15-12(8-11-4-2-1-3-5-11)14-9-13(16)6-7-17-10-13/h4,16H,1-3,5-10H2,(H,14,15). The Bertz CT molecular complexity index is 309. The molecule has 17 heavy (non-hydrogen) atoms. The topological polar surface area (TPSA) is 49.3 Å². The third kappa shape index (κ3) is 4.03. The van der Waals surface area contributed by atoms with Gasteiger partial charge in [-0.15, -0.1) is 0 Å². The fourth-order valence-electron chi connectivity index (χ4n) is 2.33. The highest BCUT2D eigenvalue weighted by molar-refractivity contribution is 7.99. The molecule has 1 fully saturated rings. The number of carbonyl (C=O) groups is 1. The van der Waals surface area contributed by atoms with Crippen molar-refractivity contribution in [3.63, 3.8) is 0 Å². The third-order valence-corrected chi connectivity index (χ3v) is 4.70. The molecule has 1 aliphatic heterocycles. The first-order valence-electron chi connectivity index (χ1n) is 6.43. The van der Waals surface area contributed by atoms with Crippen molar-refractivity contribution in [3.8, 4) is 0 Å². The lowest BCUT2D eigenvalue weighted by Crippen LogP contribution is -2.43. The first kappa shape index (κ1) is 13.0. The van der Waals surface area contributed by atoms with Crippen LogP contribution in [0.2, 0.25) is 0 Å². The fraction of sp³-hybridized carbons (Fsp3) is 0.769. The van der Waals surface area contributed by atoms with Crippen molar-refractivity contribution in [1.82, 2.24) is 5.32 Å². The number of amides is 1. The highest BCUT2D eigenvalue weighted by Crippen LogP contribution is 2.27. The van der Waals surface area contributed by atoms with E-state index in [4.69, 9.17) is 0 Å². The molecule has 0 saturated carbocycles. The summed E-state index contributed by atoms with van der Waals surface area (Å²) in [7, 11) is 0. The molecule has 0 aromatic carbocycles. The molecule has 2 rings (SSSR count). The lowest BCUT2D eigenvalue weighted by molar-refractivity contribution is -0.121. The van der Waals surface area contributed by atoms with Gasteiger partial charge in [-0.05, 0) is 37.9 Å². The van der Waals surface area contributed by atoms with Crippen LogP contribution in [-0.4, -0.2) is 34.7 Å². The predicted octanol–water partition coefficient (Wildman–Crippen LogP) is 1.86. The molecule has 96 valence electrons. The SMILES string of the molecule is O=C(CC1=CCCCC1)NCC1(O)CCSC1. The van der Waals surface area contributed by atoms with Crippen LogP contribution in [-0.2, 0) is 4.79 Å². The van der Waals surface area contributed by atoms with Crippen LogP contribution in [0, 0.1) is 0 Å². The lowest BCUT2D eigenvalue weighted by atomic mass is 9.97. The van der Waals surface area contributed by atoms with E-state index in [0.717, 1.165) is 30.8 Å². The van der Waals surface area contributed by atoms with Crippen molar-refractivity contribution in [2.75, 3.05) is 18.1 Å². The lowest BCUT2D eigenvalue weighted by Gasteiger charge is -2.22. The Morgan fingerprint density at radius 1 is 1.53 bits per heavy atom. The van der Waals surface area contributed by atoms with E-state index in [0.29, 0.717) is 13.0 Å². The van der Waals surface area contributed by atoms with Crippen molar-refractivity contribution in [2.24, 2.45) is 0 Å². The number of thioether (sulfide) groups is 1. The zero-order chi connectivity index (χ0) is 12.1. The van der Waals surface area contributed by atoms with Gasteiger partial charge in [-0.1, -0.05) is 11.6 Å². The molecule has 1 atom stereocenters. The highest BCUT2D eigenvalue weighted by atomic mass is 32.2. The summed E-state index contributed by atoms with van der Waals surface area (Å²) in [5, 5.41) is 13.0. The smallest absolute Gasteiger partial charge is 0.224 e. The molecule has 2 aliphatic rings. The van der Waals surface area contributed by atoms with Gasteiger partial charge in [0.05, 0.1) is 5.60 Å². The van der Waals surface area contributed by atoms with E-state index in [1.807, 2.05) is 0 Å². The molecule has 1 amide bonds. The first-order chi connectivity index (χ1) is 8.18. The molecule has 2 N–H and O–H groups in total. The summed E-state index contributed by atoms with van der Waals surface area (Å²) < 4.78 is 0. The van der Waals surface area contributed by atoms with Crippen LogP contribution >= 0.6 is 11.8 Å². The molecular weight excluding hydrogens is 234 g/mol. The van der Waals surface area contributed by atoms with E-state index >= 15 is 0 Å². The monoisotopic (exact) mass is 255 g/mol. The number of allylic oxidation sites excluding steroid dienone is 1. The van der Waals surface area contributed by atoms with Gasteiger partial charge in [0.15, 0.2) is 0 Å². The van der Waals surface area contributed by atoms with Crippen LogP contribution in [0.1, 0.15) is 38.5 Å². The maximum Gasteiger partial charge on any atom is 0.224 e. The summed E-state index contributed by atoms with van der Waals surface area (Å²) in [5.74, 6) is 1.80. The van der Waals surface area contributed by atoms with Crippen LogP contribution in [0.15, 0.2) is 11.6 Å². The summed E-state index contributed by atoms with van der Waals surface area (Å²) in [6.45, 7) is 0.409. The number of hydrogen-bond acceptors (Lipinski definition) is 3. The summed E-state index contributed by atoms with van der Waals surface area (Å²) in [4.78, 5) is 11.7. The van der Waals surface area contributed by atoms with Crippen molar-refractivity contribution in [2.45, 2.75) is 44.1 Å². The largest absolute Gasteiger partial charge is 0.387 e. The number of carbonyl (C=O) groups excluding carboxylic acids is 1. The van der Waals surface area contributed by atoms with Crippen molar-refractivity contribution in [1.29, 1.82) is 0 Å². The predicted molar refractivity (Wildman–Crippen MR) is 71.1 cm³/mol. The van der Waals surface area contributed by atoms with Crippen LogP contribution in [0.4, 0.5) is 0 Å². The maximum atomic E-state index is 11.7. The summed E-state index contributed by atoms with van der Waals surface area (Å²) in [6.07, 6.45) is 8.14. The summed E-state index contributed by atoms with van der Waals surface area (Å²) in [6, 6.07) is 0. The highest BCUT2D eigenvalue weighted by Gasteiger charge is 2.31. The molecule has 3 nitrogen and oxygen atoms in total. The van der Waals surface area contributed by atoms with E-state index in [2.05, 4.69) is 11.4 Å². The molecular formula is C13H21NO2S. The van der Waals surface area contributed by atoms with Gasteiger partial charge in [-0.25, -0.2) is 0 Å². The van der Waals surface area contributed by atoms with Crippen molar-refractivity contribution < 1.29 is 9.90 Å². The van der Waals surface area contributed by atoms with Crippen LogP contribution in [0.3, 0.4) is 0 Å². The molecule has 0 aromatic rings. The molecule has 0 bridgehead atoms. The van der Waals surface area contributed by atoms with E-state index in [1.54, 1.807) is 11.8 Å². The number of aliphatic hydroxyl groups is 1. The minimum atomic E-state index is -0.665. The van der Waals surface area contributed by atoms with Gasteiger partial charge in [0, 0.05) is 18.7 Å². The minimum Gasteiger partial charge on any atom is -0.387 e. The second-order valence-corrected chi connectivity index (χ2v) is 6.19. The Morgan fingerprint density at radius 2 is 2.41 bits per heavy atom. The quantitative estimate of drug-likeness (QED) is 0.754. The average molecular weight is 255 g/mol. The molecule has 1 saturated heterocycles. The van der Waals surface area contributed by atoms with E-state index in [9.17, 15) is 9.90 Å². The molecule has 1 unspecified atom stereocenters. The van der Waals surface area contributed by atoms with Gasteiger partial charge in [0.1, 0.15) is 0 Å². The molecule has 1 heterocycles. The van der Waals surface area contributed by atoms with Gasteiger partial charge >= 0.3 is 0 Å². The van der Waals surface area contributed by atoms with Gasteiger partial charge < -0.3 is 10.4 Å². The van der Waals surface area contributed by atoms with Crippen LogP contribution in [0.5, 0.6) is 0 Å². The third-order valence-electron chi connectivity index (χ3n) is 3.47. The number of rotatable bonds is 4. The summed E-state index contributed by atoms with van der Waals surface area (Å²) >= 11 is 1.76. The Balaban J connectivity index is 1.71. The fourth-order valence-corrected chi connectivity index (χ4v) is 3.63. The second kappa shape index (κ2) is 5.91. The molecule has 0 radical (unpaired) electrons. The number of nitrogens with one attached hydrogen (secondary N) is 1. The zero-order valence-corrected chi connectivity index (χ0v) is 11.0. The van der Waals surface area contributed by atoms with Gasteiger partial charge in [-0.2, -0.15) is 11.8 Å². The summed E-state index contributed by atoms with van der Waals surface area (Å²) in [5.41, 5.74) is 0.600. The normalized spacial score (nSPS) is 28.9. The van der Waals surface area contributed by atoms with Gasteiger partial charge in [0.2, 0.25) is 5.91 Å². The Morgan fingerprint density at radius 3 is 3.06 bits per heavy atom. The molecule has 1 aliphatic carbocycles. The molecule has 0 aromatic heterocycles. The first-order valence-corrected chi connectivity index (χ1v) is 7.58. The molecule has 4 heteroatoms. The van der Waals surface area contributed by atoms with Crippen molar-refractivity contribution in [3.05, 3.63) is 11.6 Å². The Labute approximate surface area is 107 Å². The van der Waals surface area contributed by atoms with Crippen LogP contribution in [0.25, 0.3) is 0 Å².